The third-order valence-corrected chi connectivity index (χ3v) is 5.71. The number of Topliss-reactive ketones (excluding diaryl/α,β-unsaturated/α-hetero) is 1. The molecule has 0 aliphatic heterocycles. The van der Waals surface area contributed by atoms with Gasteiger partial charge in [-0.25, -0.2) is 0 Å². The molecule has 0 aliphatic rings. The topological polar surface area (TPSA) is 34.1 Å². The SMILES string of the molecule is Cc1ccc(S(=O)C(C)(C)C(=O)CCc2ccccc2)cc1. The average Bonchev–Trinajstić information content (AvgIpc) is 2.53. The molecule has 0 saturated carbocycles. The highest BCUT2D eigenvalue weighted by atomic mass is 32.2. The van der Waals surface area contributed by atoms with Gasteiger partial charge >= 0.3 is 0 Å². The fourth-order valence-corrected chi connectivity index (χ4v) is 3.54. The summed E-state index contributed by atoms with van der Waals surface area (Å²) in [6.45, 7) is 5.54. The van der Waals surface area contributed by atoms with E-state index in [9.17, 15) is 9.00 Å². The molecule has 0 fully saturated rings. The van der Waals surface area contributed by atoms with Crippen molar-refractivity contribution in [1.29, 1.82) is 0 Å². The third kappa shape index (κ3) is 3.92. The molecule has 1 atom stereocenters. The average molecular weight is 314 g/mol. The van der Waals surface area contributed by atoms with Crippen LogP contribution in [-0.4, -0.2) is 14.7 Å². The first-order chi connectivity index (χ1) is 10.4. The molecular formula is C19H22O2S. The third-order valence-electron chi connectivity index (χ3n) is 3.85. The van der Waals surface area contributed by atoms with Crippen molar-refractivity contribution >= 4 is 16.6 Å². The van der Waals surface area contributed by atoms with Gasteiger partial charge in [-0.1, -0.05) is 48.0 Å². The highest BCUT2D eigenvalue weighted by molar-refractivity contribution is 7.87. The van der Waals surface area contributed by atoms with Gasteiger partial charge in [-0.15, -0.1) is 0 Å². The largest absolute Gasteiger partial charge is 0.298 e. The van der Waals surface area contributed by atoms with Crippen molar-refractivity contribution in [1.82, 2.24) is 0 Å². The van der Waals surface area contributed by atoms with Crippen LogP contribution < -0.4 is 0 Å². The quantitative estimate of drug-likeness (QED) is 0.805. The fourth-order valence-electron chi connectivity index (χ4n) is 2.26. The van der Waals surface area contributed by atoms with Gasteiger partial charge in [0.15, 0.2) is 5.78 Å². The lowest BCUT2D eigenvalue weighted by molar-refractivity contribution is -0.120. The minimum atomic E-state index is -1.34. The molecule has 2 rings (SSSR count). The van der Waals surface area contributed by atoms with Crippen molar-refractivity contribution in [3.63, 3.8) is 0 Å². The zero-order valence-corrected chi connectivity index (χ0v) is 14.2. The highest BCUT2D eigenvalue weighted by Gasteiger charge is 2.34. The number of hydrogen-bond acceptors (Lipinski definition) is 2. The summed E-state index contributed by atoms with van der Waals surface area (Å²) in [6.07, 6.45) is 1.10. The molecule has 116 valence electrons. The Hall–Kier alpha value is -1.74. The minimum absolute atomic E-state index is 0.0373. The van der Waals surface area contributed by atoms with E-state index in [1.54, 1.807) is 13.8 Å². The lowest BCUT2D eigenvalue weighted by Gasteiger charge is -2.22. The maximum atomic E-state index is 12.7. The van der Waals surface area contributed by atoms with E-state index in [0.29, 0.717) is 17.7 Å². The standard InChI is InChI=1S/C19H22O2S/c1-15-9-12-17(13-10-15)22(21)19(2,3)18(20)14-11-16-7-5-4-6-8-16/h4-10,12-13H,11,14H2,1-3H3. The summed E-state index contributed by atoms with van der Waals surface area (Å²) in [5, 5.41) is 0. The summed E-state index contributed by atoms with van der Waals surface area (Å²) in [5.74, 6) is 0.0373. The first-order valence-electron chi connectivity index (χ1n) is 7.47. The van der Waals surface area contributed by atoms with Crippen LogP contribution in [0.25, 0.3) is 0 Å². The molecule has 0 spiro atoms. The molecule has 0 aliphatic carbocycles. The molecule has 3 heteroatoms. The summed E-state index contributed by atoms with van der Waals surface area (Å²) in [6, 6.07) is 17.5. The molecular weight excluding hydrogens is 292 g/mol. The van der Waals surface area contributed by atoms with Gasteiger partial charge in [0.2, 0.25) is 0 Å². The van der Waals surface area contributed by atoms with Gasteiger partial charge in [-0.05, 0) is 44.9 Å². The predicted octanol–water partition coefficient (Wildman–Crippen LogP) is 4.08. The van der Waals surface area contributed by atoms with E-state index in [0.717, 1.165) is 11.1 Å². The number of carbonyl (C=O) groups is 1. The van der Waals surface area contributed by atoms with E-state index in [1.165, 1.54) is 0 Å². The molecule has 0 heterocycles. The first-order valence-corrected chi connectivity index (χ1v) is 8.62. The number of rotatable bonds is 6. The number of aryl methyl sites for hydroxylation is 2. The van der Waals surface area contributed by atoms with Gasteiger partial charge < -0.3 is 0 Å². The summed E-state index contributed by atoms with van der Waals surface area (Å²) in [7, 11) is -1.34. The number of carbonyl (C=O) groups excluding carboxylic acids is 1. The molecule has 2 nitrogen and oxygen atoms in total. The van der Waals surface area contributed by atoms with E-state index in [-0.39, 0.29) is 5.78 Å². The first kappa shape index (κ1) is 16.6. The van der Waals surface area contributed by atoms with Crippen LogP contribution in [0.15, 0.2) is 59.5 Å². The van der Waals surface area contributed by atoms with E-state index in [1.807, 2.05) is 61.5 Å². The Balaban J connectivity index is 2.06. The summed E-state index contributed by atoms with van der Waals surface area (Å²) in [5.41, 5.74) is 2.25. The van der Waals surface area contributed by atoms with E-state index >= 15 is 0 Å². The van der Waals surface area contributed by atoms with Crippen molar-refractivity contribution < 1.29 is 9.00 Å². The van der Waals surface area contributed by atoms with Crippen LogP contribution in [0.5, 0.6) is 0 Å². The maximum absolute atomic E-state index is 12.7. The second kappa shape index (κ2) is 7.01. The van der Waals surface area contributed by atoms with Gasteiger partial charge in [0.05, 0.1) is 10.8 Å². The Bertz CT molecular complexity index is 658. The molecule has 2 aromatic rings. The van der Waals surface area contributed by atoms with Gasteiger partial charge in [0, 0.05) is 11.3 Å². The second-order valence-corrected chi connectivity index (χ2v) is 8.03. The van der Waals surface area contributed by atoms with Gasteiger partial charge in [-0.2, -0.15) is 0 Å². The van der Waals surface area contributed by atoms with Gasteiger partial charge in [-0.3, -0.25) is 9.00 Å². The normalized spacial score (nSPS) is 12.9. The number of ketones is 1. The van der Waals surface area contributed by atoms with Crippen molar-refractivity contribution in [2.45, 2.75) is 43.3 Å². The lowest BCUT2D eigenvalue weighted by atomic mass is 10.0. The van der Waals surface area contributed by atoms with Crippen LogP contribution in [-0.2, 0) is 22.0 Å². The number of benzene rings is 2. The smallest absolute Gasteiger partial charge is 0.151 e. The van der Waals surface area contributed by atoms with E-state index < -0.39 is 15.5 Å². The molecule has 1 unspecified atom stereocenters. The molecule has 0 bridgehead atoms. The van der Waals surface area contributed by atoms with Crippen LogP contribution in [0.3, 0.4) is 0 Å². The molecule has 0 N–H and O–H groups in total. The molecule has 0 radical (unpaired) electrons. The summed E-state index contributed by atoms with van der Waals surface area (Å²) < 4.78 is 11.8. The monoisotopic (exact) mass is 314 g/mol. The second-order valence-electron chi connectivity index (χ2n) is 6.00. The Morgan fingerprint density at radius 3 is 2.18 bits per heavy atom. The zero-order valence-electron chi connectivity index (χ0n) is 13.3. The van der Waals surface area contributed by atoms with Crippen molar-refractivity contribution in [3.8, 4) is 0 Å². The molecule has 0 aromatic heterocycles. The lowest BCUT2D eigenvalue weighted by Crippen LogP contribution is -2.37. The van der Waals surface area contributed by atoms with Crippen molar-refractivity contribution in [3.05, 3.63) is 65.7 Å². The zero-order chi connectivity index (χ0) is 16.2. The predicted molar refractivity (Wildman–Crippen MR) is 91.4 cm³/mol. The van der Waals surface area contributed by atoms with Crippen molar-refractivity contribution in [2.75, 3.05) is 0 Å². The van der Waals surface area contributed by atoms with Gasteiger partial charge in [0.25, 0.3) is 0 Å². The summed E-state index contributed by atoms with van der Waals surface area (Å²) >= 11 is 0. The van der Waals surface area contributed by atoms with Gasteiger partial charge in [0.1, 0.15) is 4.75 Å². The Morgan fingerprint density at radius 1 is 1.00 bits per heavy atom. The Morgan fingerprint density at radius 2 is 1.59 bits per heavy atom. The molecule has 0 amide bonds. The highest BCUT2D eigenvalue weighted by Crippen LogP contribution is 2.24. The minimum Gasteiger partial charge on any atom is -0.298 e. The molecule has 2 aromatic carbocycles. The summed E-state index contributed by atoms with van der Waals surface area (Å²) in [4.78, 5) is 13.2. The van der Waals surface area contributed by atoms with E-state index in [4.69, 9.17) is 0 Å². The van der Waals surface area contributed by atoms with Crippen LogP contribution >= 0.6 is 0 Å². The van der Waals surface area contributed by atoms with Crippen molar-refractivity contribution in [2.24, 2.45) is 0 Å². The maximum Gasteiger partial charge on any atom is 0.151 e. The van der Waals surface area contributed by atoms with Crippen LogP contribution in [0.1, 0.15) is 31.4 Å². The Kier molecular flexibility index (Phi) is 5.30. The van der Waals surface area contributed by atoms with Crippen LogP contribution in [0.4, 0.5) is 0 Å². The Labute approximate surface area is 135 Å². The van der Waals surface area contributed by atoms with Crippen LogP contribution in [0.2, 0.25) is 0 Å². The molecule has 22 heavy (non-hydrogen) atoms. The fraction of sp³-hybridized carbons (Fsp3) is 0.316. The molecule has 0 saturated heterocycles. The van der Waals surface area contributed by atoms with Crippen LogP contribution in [0, 0.1) is 6.92 Å². The number of hydrogen-bond donors (Lipinski definition) is 0. The van der Waals surface area contributed by atoms with E-state index in [2.05, 4.69) is 0 Å².